The Morgan fingerprint density at radius 3 is 3.07 bits per heavy atom. The molecular weight excluding hydrogens is 203 g/mol. The van der Waals surface area contributed by atoms with Gasteiger partial charge in [0.15, 0.2) is 5.82 Å². The fourth-order valence-electron chi connectivity index (χ4n) is 1.61. The first-order valence-electron chi connectivity index (χ1n) is 4.68. The van der Waals surface area contributed by atoms with Crippen molar-refractivity contribution in [2.45, 2.75) is 12.5 Å². The van der Waals surface area contributed by atoms with E-state index in [-0.39, 0.29) is 10.8 Å². The van der Waals surface area contributed by atoms with Crippen LogP contribution in [-0.2, 0) is 0 Å². The van der Waals surface area contributed by atoms with Crippen LogP contribution in [0.5, 0.6) is 0 Å². The van der Waals surface area contributed by atoms with Crippen LogP contribution in [0.2, 0.25) is 5.02 Å². The molecule has 1 heterocycles. The van der Waals surface area contributed by atoms with E-state index in [9.17, 15) is 4.39 Å². The fraction of sp³-hybridized carbons (Fsp3) is 0.400. The van der Waals surface area contributed by atoms with Gasteiger partial charge in [-0.05, 0) is 25.1 Å². The minimum absolute atomic E-state index is 0.168. The van der Waals surface area contributed by atoms with Gasteiger partial charge in [-0.25, -0.2) is 4.39 Å². The molecule has 4 heteroatoms. The Morgan fingerprint density at radius 1 is 1.50 bits per heavy atom. The molecule has 2 rings (SSSR count). The van der Waals surface area contributed by atoms with Gasteiger partial charge in [-0.1, -0.05) is 17.7 Å². The van der Waals surface area contributed by atoms with E-state index in [2.05, 4.69) is 10.6 Å². The number of rotatable bonds is 2. The molecule has 0 saturated carbocycles. The SMILES string of the molecule is Fc1c(Cl)cccc1NC1CCNC1. The molecule has 0 spiro atoms. The predicted octanol–water partition coefficient (Wildman–Crippen LogP) is 2.25. The van der Waals surface area contributed by atoms with Gasteiger partial charge >= 0.3 is 0 Å². The molecule has 0 aliphatic carbocycles. The molecule has 1 aromatic rings. The molecule has 1 fully saturated rings. The molecule has 76 valence electrons. The normalized spacial score (nSPS) is 21.1. The van der Waals surface area contributed by atoms with Crippen LogP contribution in [-0.4, -0.2) is 19.1 Å². The van der Waals surface area contributed by atoms with Crippen LogP contribution in [0.1, 0.15) is 6.42 Å². The standard InChI is InChI=1S/C10H12ClFN2/c11-8-2-1-3-9(10(8)12)14-7-4-5-13-6-7/h1-3,7,13-14H,4-6H2. The van der Waals surface area contributed by atoms with Crippen molar-refractivity contribution in [3.63, 3.8) is 0 Å². The summed E-state index contributed by atoms with van der Waals surface area (Å²) in [5.74, 6) is -0.360. The van der Waals surface area contributed by atoms with Gasteiger partial charge in [0.2, 0.25) is 0 Å². The molecule has 2 nitrogen and oxygen atoms in total. The van der Waals surface area contributed by atoms with Crippen molar-refractivity contribution in [1.82, 2.24) is 5.32 Å². The highest BCUT2D eigenvalue weighted by Crippen LogP contribution is 2.23. The van der Waals surface area contributed by atoms with Crippen molar-refractivity contribution in [3.8, 4) is 0 Å². The summed E-state index contributed by atoms with van der Waals surface area (Å²) in [4.78, 5) is 0. The quantitative estimate of drug-likeness (QED) is 0.789. The van der Waals surface area contributed by atoms with Crippen molar-refractivity contribution in [1.29, 1.82) is 0 Å². The summed E-state index contributed by atoms with van der Waals surface area (Å²) < 4.78 is 13.4. The van der Waals surface area contributed by atoms with E-state index >= 15 is 0 Å². The van der Waals surface area contributed by atoms with Crippen LogP contribution < -0.4 is 10.6 Å². The Morgan fingerprint density at radius 2 is 2.36 bits per heavy atom. The third kappa shape index (κ3) is 1.99. The lowest BCUT2D eigenvalue weighted by Gasteiger charge is -2.13. The average Bonchev–Trinajstić information content (AvgIpc) is 2.66. The number of benzene rings is 1. The monoisotopic (exact) mass is 214 g/mol. The molecule has 0 aromatic heterocycles. The fourth-order valence-corrected chi connectivity index (χ4v) is 1.79. The zero-order valence-corrected chi connectivity index (χ0v) is 8.44. The highest BCUT2D eigenvalue weighted by Gasteiger charge is 2.16. The summed E-state index contributed by atoms with van der Waals surface area (Å²) in [7, 11) is 0. The summed E-state index contributed by atoms with van der Waals surface area (Å²) in [6.07, 6.45) is 1.02. The topological polar surface area (TPSA) is 24.1 Å². The first kappa shape index (κ1) is 9.74. The Hall–Kier alpha value is -0.800. The molecule has 1 aromatic carbocycles. The van der Waals surface area contributed by atoms with Crippen molar-refractivity contribution >= 4 is 17.3 Å². The minimum Gasteiger partial charge on any atom is -0.379 e. The number of hydrogen-bond donors (Lipinski definition) is 2. The molecule has 0 amide bonds. The lowest BCUT2D eigenvalue weighted by molar-refractivity contribution is 0.626. The maximum atomic E-state index is 13.4. The number of nitrogens with one attached hydrogen (secondary N) is 2. The Kier molecular flexibility index (Phi) is 2.89. The Bertz CT molecular complexity index is 324. The molecule has 1 aliphatic heterocycles. The van der Waals surface area contributed by atoms with Gasteiger partial charge in [-0.2, -0.15) is 0 Å². The second kappa shape index (κ2) is 4.15. The lowest BCUT2D eigenvalue weighted by atomic mass is 10.2. The van der Waals surface area contributed by atoms with E-state index in [0.717, 1.165) is 19.5 Å². The van der Waals surface area contributed by atoms with Gasteiger partial charge in [0.05, 0.1) is 10.7 Å². The predicted molar refractivity (Wildman–Crippen MR) is 56.3 cm³/mol. The maximum Gasteiger partial charge on any atom is 0.164 e. The highest BCUT2D eigenvalue weighted by molar-refractivity contribution is 6.31. The first-order chi connectivity index (χ1) is 6.77. The van der Waals surface area contributed by atoms with Crippen molar-refractivity contribution in [2.24, 2.45) is 0 Å². The molecule has 1 atom stereocenters. The van der Waals surface area contributed by atoms with Crippen molar-refractivity contribution < 1.29 is 4.39 Å². The summed E-state index contributed by atoms with van der Waals surface area (Å²) in [6.45, 7) is 1.87. The highest BCUT2D eigenvalue weighted by atomic mass is 35.5. The number of halogens is 2. The molecular formula is C10H12ClFN2. The van der Waals surface area contributed by atoms with Gasteiger partial charge in [-0.3, -0.25) is 0 Å². The minimum atomic E-state index is -0.360. The van der Waals surface area contributed by atoms with Crippen LogP contribution in [0.4, 0.5) is 10.1 Å². The number of anilines is 1. The third-order valence-corrected chi connectivity index (χ3v) is 2.66. The summed E-state index contributed by atoms with van der Waals surface area (Å²) in [5.41, 5.74) is 0.492. The second-order valence-corrected chi connectivity index (χ2v) is 3.84. The molecule has 1 saturated heterocycles. The summed E-state index contributed by atoms with van der Waals surface area (Å²) in [5, 5.41) is 6.50. The lowest BCUT2D eigenvalue weighted by Crippen LogP contribution is -2.22. The van der Waals surface area contributed by atoms with Crippen LogP contribution in [0.25, 0.3) is 0 Å². The van der Waals surface area contributed by atoms with Crippen LogP contribution in [0.15, 0.2) is 18.2 Å². The summed E-state index contributed by atoms with van der Waals surface area (Å²) >= 11 is 5.67. The van der Waals surface area contributed by atoms with E-state index in [4.69, 9.17) is 11.6 Å². The average molecular weight is 215 g/mol. The smallest absolute Gasteiger partial charge is 0.164 e. The van der Waals surface area contributed by atoms with E-state index in [1.807, 2.05) is 0 Å². The van der Waals surface area contributed by atoms with Crippen molar-refractivity contribution in [2.75, 3.05) is 18.4 Å². The second-order valence-electron chi connectivity index (χ2n) is 3.44. The van der Waals surface area contributed by atoms with Gasteiger partial charge in [-0.15, -0.1) is 0 Å². The Balaban J connectivity index is 2.11. The molecule has 0 bridgehead atoms. The zero-order chi connectivity index (χ0) is 9.97. The molecule has 1 aliphatic rings. The van der Waals surface area contributed by atoms with E-state index in [0.29, 0.717) is 11.7 Å². The van der Waals surface area contributed by atoms with Crippen LogP contribution >= 0.6 is 11.6 Å². The molecule has 0 radical (unpaired) electrons. The number of hydrogen-bond acceptors (Lipinski definition) is 2. The first-order valence-corrected chi connectivity index (χ1v) is 5.06. The Labute approximate surface area is 87.5 Å². The largest absolute Gasteiger partial charge is 0.379 e. The molecule has 2 N–H and O–H groups in total. The third-order valence-electron chi connectivity index (χ3n) is 2.37. The van der Waals surface area contributed by atoms with Gasteiger partial charge < -0.3 is 10.6 Å². The van der Waals surface area contributed by atoms with E-state index in [1.165, 1.54) is 0 Å². The van der Waals surface area contributed by atoms with E-state index in [1.54, 1.807) is 18.2 Å². The van der Waals surface area contributed by atoms with Crippen LogP contribution in [0.3, 0.4) is 0 Å². The van der Waals surface area contributed by atoms with E-state index < -0.39 is 0 Å². The molecule has 14 heavy (non-hydrogen) atoms. The van der Waals surface area contributed by atoms with Gasteiger partial charge in [0, 0.05) is 12.6 Å². The summed E-state index contributed by atoms with van der Waals surface area (Å²) in [6, 6.07) is 5.31. The van der Waals surface area contributed by atoms with Gasteiger partial charge in [0.25, 0.3) is 0 Å². The molecule has 1 unspecified atom stereocenters. The zero-order valence-electron chi connectivity index (χ0n) is 7.69. The van der Waals surface area contributed by atoms with Gasteiger partial charge in [0.1, 0.15) is 0 Å². The van der Waals surface area contributed by atoms with Crippen molar-refractivity contribution in [3.05, 3.63) is 29.0 Å². The van der Waals surface area contributed by atoms with Crippen LogP contribution in [0, 0.1) is 5.82 Å². The maximum absolute atomic E-state index is 13.4.